The number of aliphatic hydroxyl groups excluding tert-OH is 1. The molecule has 30 heavy (non-hydrogen) atoms. The Morgan fingerprint density at radius 1 is 1.30 bits per heavy atom. The number of aryl methyl sites for hydroxylation is 1. The maximum atomic E-state index is 12.6. The van der Waals surface area contributed by atoms with E-state index in [0.717, 1.165) is 25.9 Å². The number of hydrogen-bond donors (Lipinski definition) is 2. The Labute approximate surface area is 173 Å². The molecule has 9 nitrogen and oxygen atoms in total. The highest BCUT2D eigenvalue weighted by molar-refractivity contribution is 5.74. The van der Waals surface area contributed by atoms with Gasteiger partial charge in [-0.15, -0.1) is 0 Å². The summed E-state index contributed by atoms with van der Waals surface area (Å²) in [4.78, 5) is 33.8. The van der Waals surface area contributed by atoms with E-state index in [1.165, 1.54) is 4.57 Å². The highest BCUT2D eigenvalue weighted by atomic mass is 16.5. The van der Waals surface area contributed by atoms with Gasteiger partial charge in [-0.3, -0.25) is 14.3 Å². The Balaban J connectivity index is 1.69. The quantitative estimate of drug-likeness (QED) is 0.627. The number of hydrogen-bond acceptors (Lipinski definition) is 6. The van der Waals surface area contributed by atoms with Crippen molar-refractivity contribution >= 4 is 17.1 Å². The molecule has 0 unspecified atom stereocenters. The molecule has 0 bridgehead atoms. The summed E-state index contributed by atoms with van der Waals surface area (Å²) in [6.07, 6.45) is 1.31. The maximum Gasteiger partial charge on any atom is 0.329 e. The maximum absolute atomic E-state index is 12.6. The molecule has 0 saturated carbocycles. The third-order valence-corrected chi connectivity index (χ3v) is 5.51. The van der Waals surface area contributed by atoms with Crippen molar-refractivity contribution in [2.75, 3.05) is 24.6 Å². The van der Waals surface area contributed by atoms with Crippen LogP contribution in [0.5, 0.6) is 5.75 Å². The second-order valence-corrected chi connectivity index (χ2v) is 7.98. The molecular formula is C21H27N5O4. The van der Waals surface area contributed by atoms with Crippen LogP contribution in [0.15, 0.2) is 39.9 Å². The first-order valence-corrected chi connectivity index (χ1v) is 10.2. The van der Waals surface area contributed by atoms with Crippen molar-refractivity contribution in [2.45, 2.75) is 32.4 Å². The van der Waals surface area contributed by atoms with E-state index in [1.807, 2.05) is 30.3 Å². The number of aromatic amines is 1. The van der Waals surface area contributed by atoms with Crippen molar-refractivity contribution in [1.82, 2.24) is 19.1 Å². The zero-order chi connectivity index (χ0) is 21.3. The molecule has 4 rings (SSSR count). The number of ether oxygens (including phenoxy) is 1. The Morgan fingerprint density at radius 2 is 2.07 bits per heavy atom. The number of rotatable bonds is 6. The van der Waals surface area contributed by atoms with Crippen LogP contribution in [-0.4, -0.2) is 50.0 Å². The Hall–Kier alpha value is -3.07. The van der Waals surface area contributed by atoms with Crippen molar-refractivity contribution in [2.24, 2.45) is 13.0 Å². The zero-order valence-electron chi connectivity index (χ0n) is 17.2. The first-order valence-electron chi connectivity index (χ1n) is 10.2. The summed E-state index contributed by atoms with van der Waals surface area (Å²) >= 11 is 0. The molecule has 1 aliphatic heterocycles. The fourth-order valence-corrected chi connectivity index (χ4v) is 3.98. The molecule has 0 amide bonds. The smallest absolute Gasteiger partial charge is 0.329 e. The lowest BCUT2D eigenvalue weighted by Gasteiger charge is -2.32. The normalized spacial score (nSPS) is 18.0. The Bertz CT molecular complexity index is 1130. The second-order valence-electron chi connectivity index (χ2n) is 7.98. The average Bonchev–Trinajstić information content (AvgIpc) is 3.11. The topological polar surface area (TPSA) is 105 Å². The number of H-pyrrole nitrogens is 1. The van der Waals surface area contributed by atoms with Gasteiger partial charge in [-0.2, -0.15) is 4.98 Å². The molecule has 0 spiro atoms. The fourth-order valence-electron chi connectivity index (χ4n) is 3.98. The number of aliphatic hydroxyl groups is 1. The number of imidazole rings is 1. The third kappa shape index (κ3) is 3.97. The molecule has 1 aliphatic rings. The van der Waals surface area contributed by atoms with E-state index in [0.29, 0.717) is 23.3 Å². The molecule has 3 heterocycles. The van der Waals surface area contributed by atoms with Gasteiger partial charge >= 0.3 is 5.69 Å². The monoisotopic (exact) mass is 413 g/mol. The van der Waals surface area contributed by atoms with Gasteiger partial charge in [0, 0.05) is 20.1 Å². The summed E-state index contributed by atoms with van der Waals surface area (Å²) in [7, 11) is 1.58. The van der Waals surface area contributed by atoms with E-state index in [9.17, 15) is 14.7 Å². The third-order valence-electron chi connectivity index (χ3n) is 5.51. The van der Waals surface area contributed by atoms with Crippen LogP contribution < -0.4 is 20.9 Å². The minimum Gasteiger partial charge on any atom is -0.491 e. The molecule has 2 N–H and O–H groups in total. The molecule has 1 saturated heterocycles. The second kappa shape index (κ2) is 8.35. The van der Waals surface area contributed by atoms with Gasteiger partial charge in [-0.25, -0.2) is 4.79 Å². The summed E-state index contributed by atoms with van der Waals surface area (Å²) in [6.45, 7) is 4.01. The summed E-state index contributed by atoms with van der Waals surface area (Å²) in [5, 5.41) is 10.7. The van der Waals surface area contributed by atoms with E-state index in [1.54, 1.807) is 11.6 Å². The van der Waals surface area contributed by atoms with Gasteiger partial charge in [0.05, 0.1) is 6.54 Å². The Kier molecular flexibility index (Phi) is 5.63. The standard InChI is InChI=1S/C21H27N5O4/c1-14-7-6-10-25(11-14)20-22-18-17(19(28)23-21(29)24(18)2)26(20)12-15(27)13-30-16-8-4-3-5-9-16/h3-5,8-9,14-15,27H,6-7,10-13H2,1-2H3,(H,23,28,29)/t14-,15+/m1/s1. The van der Waals surface area contributed by atoms with Crippen molar-refractivity contribution in [1.29, 1.82) is 0 Å². The molecule has 9 heteroatoms. The van der Waals surface area contributed by atoms with Gasteiger partial charge in [0.25, 0.3) is 5.56 Å². The van der Waals surface area contributed by atoms with Crippen molar-refractivity contribution < 1.29 is 9.84 Å². The van der Waals surface area contributed by atoms with Crippen LogP contribution in [0.4, 0.5) is 5.95 Å². The fraction of sp³-hybridized carbons (Fsp3) is 0.476. The Morgan fingerprint density at radius 3 is 2.80 bits per heavy atom. The van der Waals surface area contributed by atoms with Gasteiger partial charge in [0.2, 0.25) is 5.95 Å². The van der Waals surface area contributed by atoms with Crippen LogP contribution in [-0.2, 0) is 13.6 Å². The largest absolute Gasteiger partial charge is 0.491 e. The van der Waals surface area contributed by atoms with E-state index < -0.39 is 17.4 Å². The highest BCUT2D eigenvalue weighted by Gasteiger charge is 2.26. The number of para-hydroxylation sites is 1. The summed E-state index contributed by atoms with van der Waals surface area (Å²) in [5.41, 5.74) is -0.422. The van der Waals surface area contributed by atoms with Gasteiger partial charge in [-0.1, -0.05) is 25.1 Å². The molecule has 0 radical (unpaired) electrons. The van der Waals surface area contributed by atoms with E-state index in [4.69, 9.17) is 4.74 Å². The van der Waals surface area contributed by atoms with Gasteiger partial charge in [0.1, 0.15) is 18.5 Å². The summed E-state index contributed by atoms with van der Waals surface area (Å²) in [6, 6.07) is 9.26. The number of aromatic nitrogens is 4. The minimum absolute atomic E-state index is 0.0726. The van der Waals surface area contributed by atoms with E-state index >= 15 is 0 Å². The van der Waals surface area contributed by atoms with Crippen LogP contribution in [0.3, 0.4) is 0 Å². The highest BCUT2D eigenvalue weighted by Crippen LogP contribution is 2.25. The van der Waals surface area contributed by atoms with E-state index in [-0.39, 0.29) is 18.7 Å². The lowest BCUT2D eigenvalue weighted by Crippen LogP contribution is -2.37. The summed E-state index contributed by atoms with van der Waals surface area (Å²) in [5.74, 6) is 1.76. The van der Waals surface area contributed by atoms with Crippen LogP contribution in [0.1, 0.15) is 19.8 Å². The zero-order valence-corrected chi connectivity index (χ0v) is 17.2. The van der Waals surface area contributed by atoms with Gasteiger partial charge in [0.15, 0.2) is 11.2 Å². The lowest BCUT2D eigenvalue weighted by molar-refractivity contribution is 0.0935. The number of fused-ring (bicyclic) bond motifs is 1. The number of piperidine rings is 1. The molecule has 2 atom stereocenters. The van der Waals surface area contributed by atoms with Crippen LogP contribution in [0, 0.1) is 5.92 Å². The first-order chi connectivity index (χ1) is 14.4. The van der Waals surface area contributed by atoms with Crippen molar-refractivity contribution in [3.05, 3.63) is 51.2 Å². The molecular weight excluding hydrogens is 386 g/mol. The van der Waals surface area contributed by atoms with Crippen molar-refractivity contribution in [3.63, 3.8) is 0 Å². The van der Waals surface area contributed by atoms with Crippen LogP contribution >= 0.6 is 0 Å². The molecule has 160 valence electrons. The predicted octanol–water partition coefficient (Wildman–Crippen LogP) is 1.10. The molecule has 1 fully saturated rings. The van der Waals surface area contributed by atoms with Crippen LogP contribution in [0.25, 0.3) is 11.2 Å². The molecule has 2 aromatic heterocycles. The molecule has 3 aromatic rings. The van der Waals surface area contributed by atoms with Gasteiger partial charge in [-0.05, 0) is 30.9 Å². The number of anilines is 1. The first kappa shape index (κ1) is 20.2. The van der Waals surface area contributed by atoms with Gasteiger partial charge < -0.3 is 19.3 Å². The van der Waals surface area contributed by atoms with E-state index in [2.05, 4.69) is 21.8 Å². The van der Waals surface area contributed by atoms with Crippen LogP contribution in [0.2, 0.25) is 0 Å². The summed E-state index contributed by atoms with van der Waals surface area (Å²) < 4.78 is 8.71. The molecule has 1 aromatic carbocycles. The predicted molar refractivity (Wildman–Crippen MR) is 114 cm³/mol. The number of benzene rings is 1. The minimum atomic E-state index is -0.861. The number of nitrogens with one attached hydrogen (secondary N) is 1. The molecule has 0 aliphatic carbocycles. The number of nitrogens with zero attached hydrogens (tertiary/aromatic N) is 4. The SMILES string of the molecule is C[C@@H]1CCCN(c2nc3c(c(=O)[nH]c(=O)n3C)n2C[C@H](O)COc2ccccc2)C1. The average molecular weight is 413 g/mol. The van der Waals surface area contributed by atoms with Crippen molar-refractivity contribution in [3.8, 4) is 5.75 Å². The lowest BCUT2D eigenvalue weighted by atomic mass is 10.0.